The number of rotatable bonds is 5. The number of aromatic nitrogens is 2. The first-order chi connectivity index (χ1) is 9.65. The third-order valence-electron chi connectivity index (χ3n) is 2.72. The van der Waals surface area contributed by atoms with Crippen molar-refractivity contribution < 1.29 is 5.11 Å². The molecule has 1 aromatic heterocycles. The number of nitrogens with one attached hydrogen (secondary N) is 1. The lowest BCUT2D eigenvalue weighted by Crippen LogP contribution is -2.20. The molecule has 0 spiro atoms. The fraction of sp³-hybridized carbons (Fsp3) is 0.286. The summed E-state index contributed by atoms with van der Waals surface area (Å²) < 4.78 is 0.807. The van der Waals surface area contributed by atoms with Crippen LogP contribution >= 0.6 is 27.7 Å². The van der Waals surface area contributed by atoms with E-state index in [1.807, 2.05) is 43.5 Å². The highest BCUT2D eigenvalue weighted by Crippen LogP contribution is 2.33. The third-order valence-corrected chi connectivity index (χ3v) is 4.02. The van der Waals surface area contributed by atoms with Gasteiger partial charge in [0.25, 0.3) is 0 Å². The molecule has 0 bridgehead atoms. The Morgan fingerprint density at radius 1 is 1.30 bits per heavy atom. The average molecular weight is 354 g/mol. The molecule has 2 N–H and O–H groups in total. The summed E-state index contributed by atoms with van der Waals surface area (Å²) in [6.45, 7) is 1.95. The number of anilines is 1. The number of aliphatic hydroxyl groups is 1. The van der Waals surface area contributed by atoms with Crippen molar-refractivity contribution in [3.63, 3.8) is 0 Å². The fourth-order valence-corrected chi connectivity index (χ4v) is 2.57. The maximum Gasteiger partial charge on any atom is 0.189 e. The summed E-state index contributed by atoms with van der Waals surface area (Å²) in [6.07, 6.45) is 1.94. The van der Waals surface area contributed by atoms with Crippen LogP contribution < -0.4 is 5.32 Å². The summed E-state index contributed by atoms with van der Waals surface area (Å²) in [5.41, 5.74) is 1.87. The molecule has 0 amide bonds. The van der Waals surface area contributed by atoms with Crippen LogP contribution in [0.3, 0.4) is 0 Å². The minimum absolute atomic E-state index is 0.0473. The van der Waals surface area contributed by atoms with Crippen molar-refractivity contribution in [3.8, 4) is 11.3 Å². The van der Waals surface area contributed by atoms with Gasteiger partial charge in [0.2, 0.25) is 0 Å². The molecule has 2 aromatic rings. The zero-order chi connectivity index (χ0) is 14.5. The molecule has 0 saturated carbocycles. The smallest absolute Gasteiger partial charge is 0.189 e. The Morgan fingerprint density at radius 2 is 2.00 bits per heavy atom. The largest absolute Gasteiger partial charge is 0.394 e. The van der Waals surface area contributed by atoms with E-state index in [9.17, 15) is 5.11 Å². The van der Waals surface area contributed by atoms with Crippen LogP contribution in [0.4, 0.5) is 5.82 Å². The van der Waals surface area contributed by atoms with Crippen LogP contribution in [-0.4, -0.2) is 34.0 Å². The molecule has 20 heavy (non-hydrogen) atoms. The van der Waals surface area contributed by atoms with E-state index in [0.29, 0.717) is 11.0 Å². The van der Waals surface area contributed by atoms with Gasteiger partial charge in [-0.1, -0.05) is 42.1 Å². The molecule has 4 nitrogen and oxygen atoms in total. The summed E-state index contributed by atoms with van der Waals surface area (Å²) in [6, 6.07) is 9.88. The number of benzene rings is 1. The van der Waals surface area contributed by atoms with Gasteiger partial charge in [0, 0.05) is 11.6 Å². The second-order valence-electron chi connectivity index (χ2n) is 4.32. The Hall–Kier alpha value is -1.11. The maximum atomic E-state index is 9.17. The average Bonchev–Trinajstić information content (AvgIpc) is 2.50. The second-order valence-corrected chi connectivity index (χ2v) is 5.88. The third kappa shape index (κ3) is 3.50. The molecule has 1 heterocycles. The van der Waals surface area contributed by atoms with Crippen molar-refractivity contribution in [1.82, 2.24) is 9.97 Å². The lowest BCUT2D eigenvalue weighted by Gasteiger charge is -2.15. The molecular formula is C14H16BrN3OS. The van der Waals surface area contributed by atoms with Crippen LogP contribution in [0.15, 0.2) is 40.0 Å². The van der Waals surface area contributed by atoms with Gasteiger partial charge in [-0.25, -0.2) is 9.97 Å². The van der Waals surface area contributed by atoms with Crippen molar-refractivity contribution in [2.75, 3.05) is 18.2 Å². The van der Waals surface area contributed by atoms with Gasteiger partial charge in [0.05, 0.1) is 16.8 Å². The van der Waals surface area contributed by atoms with Gasteiger partial charge in [-0.3, -0.25) is 0 Å². The number of aliphatic hydroxyl groups excluding tert-OH is 1. The van der Waals surface area contributed by atoms with E-state index < -0.39 is 0 Å². The van der Waals surface area contributed by atoms with E-state index in [1.165, 1.54) is 11.8 Å². The van der Waals surface area contributed by atoms with Crippen molar-refractivity contribution in [1.29, 1.82) is 0 Å². The van der Waals surface area contributed by atoms with E-state index in [2.05, 4.69) is 31.2 Å². The minimum atomic E-state index is -0.0699. The molecular weight excluding hydrogens is 338 g/mol. The second kappa shape index (κ2) is 7.06. The monoisotopic (exact) mass is 353 g/mol. The Kier molecular flexibility index (Phi) is 5.39. The Bertz CT molecular complexity index is 580. The molecule has 0 aliphatic heterocycles. The van der Waals surface area contributed by atoms with Crippen molar-refractivity contribution >= 4 is 33.5 Å². The van der Waals surface area contributed by atoms with Gasteiger partial charge >= 0.3 is 0 Å². The summed E-state index contributed by atoms with van der Waals surface area (Å²) in [7, 11) is 0. The quantitative estimate of drug-likeness (QED) is 0.637. The molecule has 0 radical (unpaired) electrons. The van der Waals surface area contributed by atoms with Crippen molar-refractivity contribution in [3.05, 3.63) is 34.8 Å². The zero-order valence-corrected chi connectivity index (χ0v) is 13.7. The number of hydrogen-bond acceptors (Lipinski definition) is 5. The molecule has 1 unspecified atom stereocenters. The molecule has 0 aliphatic rings. The molecule has 1 aromatic carbocycles. The molecule has 1 atom stereocenters. The topological polar surface area (TPSA) is 58.0 Å². The van der Waals surface area contributed by atoms with E-state index in [4.69, 9.17) is 0 Å². The van der Waals surface area contributed by atoms with E-state index in [1.54, 1.807) is 0 Å². The predicted octanol–water partition coefficient (Wildman–Crippen LogP) is 3.42. The summed E-state index contributed by atoms with van der Waals surface area (Å²) in [5.74, 6) is 0.699. The highest BCUT2D eigenvalue weighted by atomic mass is 79.9. The van der Waals surface area contributed by atoms with Gasteiger partial charge in [0.15, 0.2) is 5.16 Å². The molecule has 0 fully saturated rings. The molecule has 0 aliphatic carbocycles. The van der Waals surface area contributed by atoms with Crippen molar-refractivity contribution in [2.45, 2.75) is 18.1 Å². The number of nitrogens with zero attached hydrogens (tertiary/aromatic N) is 2. The summed E-state index contributed by atoms with van der Waals surface area (Å²) in [5, 5.41) is 13.1. The van der Waals surface area contributed by atoms with Gasteiger partial charge < -0.3 is 10.4 Å². The van der Waals surface area contributed by atoms with Crippen LogP contribution in [0, 0.1) is 0 Å². The first-order valence-corrected chi connectivity index (χ1v) is 8.21. The Labute approximate surface area is 131 Å². The van der Waals surface area contributed by atoms with E-state index in [0.717, 1.165) is 15.7 Å². The van der Waals surface area contributed by atoms with Gasteiger partial charge in [0.1, 0.15) is 5.82 Å². The van der Waals surface area contributed by atoms with Crippen LogP contribution in [0.2, 0.25) is 0 Å². The number of halogens is 1. The standard InChI is InChI=1S/C14H16BrN3OS/c1-9(8-19)16-13-11(15)12(17-14(18-13)20-2)10-6-4-3-5-7-10/h3-7,9,19H,8H2,1-2H3,(H,16,17,18). The lowest BCUT2D eigenvalue weighted by molar-refractivity contribution is 0.281. The number of thioether (sulfide) groups is 1. The van der Waals surface area contributed by atoms with E-state index >= 15 is 0 Å². The SMILES string of the molecule is CSc1nc(NC(C)CO)c(Br)c(-c2ccccc2)n1. The van der Waals surface area contributed by atoms with Gasteiger partial charge in [-0.05, 0) is 29.1 Å². The molecule has 106 valence electrons. The van der Waals surface area contributed by atoms with Crippen LogP contribution in [-0.2, 0) is 0 Å². The first kappa shape index (κ1) is 15.3. The Morgan fingerprint density at radius 3 is 2.60 bits per heavy atom. The normalized spacial score (nSPS) is 12.2. The summed E-state index contributed by atoms with van der Waals surface area (Å²) in [4.78, 5) is 9.00. The minimum Gasteiger partial charge on any atom is -0.394 e. The Balaban J connectivity index is 2.49. The van der Waals surface area contributed by atoms with Crippen LogP contribution in [0.25, 0.3) is 11.3 Å². The predicted molar refractivity (Wildman–Crippen MR) is 87.1 cm³/mol. The lowest BCUT2D eigenvalue weighted by atomic mass is 10.1. The maximum absolute atomic E-state index is 9.17. The summed E-state index contributed by atoms with van der Waals surface area (Å²) >= 11 is 5.05. The highest BCUT2D eigenvalue weighted by Gasteiger charge is 2.15. The molecule has 2 rings (SSSR count). The van der Waals surface area contributed by atoms with Crippen LogP contribution in [0.5, 0.6) is 0 Å². The van der Waals surface area contributed by atoms with Crippen molar-refractivity contribution in [2.24, 2.45) is 0 Å². The molecule has 6 heteroatoms. The van der Waals surface area contributed by atoms with Gasteiger partial charge in [-0.15, -0.1) is 0 Å². The zero-order valence-electron chi connectivity index (χ0n) is 11.3. The fourth-order valence-electron chi connectivity index (χ4n) is 1.68. The number of hydrogen-bond donors (Lipinski definition) is 2. The first-order valence-electron chi connectivity index (χ1n) is 6.20. The van der Waals surface area contributed by atoms with Gasteiger partial charge in [-0.2, -0.15) is 0 Å². The van der Waals surface area contributed by atoms with Crippen LogP contribution in [0.1, 0.15) is 6.92 Å². The highest BCUT2D eigenvalue weighted by molar-refractivity contribution is 9.10. The van der Waals surface area contributed by atoms with E-state index in [-0.39, 0.29) is 12.6 Å². The molecule has 0 saturated heterocycles.